The maximum atomic E-state index is 13.5. The van der Waals surface area contributed by atoms with Crippen LogP contribution in [0.2, 0.25) is 0 Å². The predicted octanol–water partition coefficient (Wildman–Crippen LogP) is 1.71. The van der Waals surface area contributed by atoms with Gasteiger partial charge in [0.25, 0.3) is 0 Å². The zero-order valence-electron chi connectivity index (χ0n) is 9.17. The molecule has 1 aliphatic rings. The first-order chi connectivity index (χ1) is 8.05. The Labute approximate surface area is 97.5 Å². The van der Waals surface area contributed by atoms with Gasteiger partial charge in [-0.05, 0) is 31.5 Å². The normalized spacial score (nSPS) is 23.9. The highest BCUT2D eigenvalue weighted by molar-refractivity contribution is 5.79. The molecule has 0 amide bonds. The van der Waals surface area contributed by atoms with Crippen molar-refractivity contribution in [2.45, 2.75) is 24.8 Å². The predicted molar refractivity (Wildman–Crippen MR) is 57.7 cm³/mol. The number of hydrogen-bond donors (Lipinski definition) is 2. The van der Waals surface area contributed by atoms with Gasteiger partial charge < -0.3 is 10.4 Å². The molecular weight excluding hydrogens is 228 g/mol. The standard InChI is InChI=1S/C12H13F2NO2/c13-9-3-1-4-10(14)8(9)7-12(11(16)17)5-2-6-15-12/h1,3-4,15H,2,5-7H2,(H,16,17). The lowest BCUT2D eigenvalue weighted by molar-refractivity contribution is -0.144. The molecule has 0 aliphatic carbocycles. The fourth-order valence-electron chi connectivity index (χ4n) is 2.22. The summed E-state index contributed by atoms with van der Waals surface area (Å²) in [6.45, 7) is 0.558. The number of nitrogens with one attached hydrogen (secondary N) is 1. The van der Waals surface area contributed by atoms with Crippen LogP contribution in [0.5, 0.6) is 0 Å². The van der Waals surface area contributed by atoms with E-state index in [9.17, 15) is 18.7 Å². The summed E-state index contributed by atoms with van der Waals surface area (Å²) in [7, 11) is 0. The van der Waals surface area contributed by atoms with Crippen LogP contribution in [0, 0.1) is 11.6 Å². The van der Waals surface area contributed by atoms with E-state index in [-0.39, 0.29) is 12.0 Å². The number of carboxylic acids is 1. The Morgan fingerprint density at radius 3 is 2.53 bits per heavy atom. The van der Waals surface area contributed by atoms with Crippen LogP contribution in [0.1, 0.15) is 18.4 Å². The average molecular weight is 241 g/mol. The zero-order chi connectivity index (χ0) is 12.5. The number of carbonyl (C=O) groups is 1. The summed E-state index contributed by atoms with van der Waals surface area (Å²) in [4.78, 5) is 11.2. The Hall–Kier alpha value is -1.49. The molecule has 0 spiro atoms. The topological polar surface area (TPSA) is 49.3 Å². The molecule has 2 rings (SSSR count). The van der Waals surface area contributed by atoms with Crippen LogP contribution in [0.25, 0.3) is 0 Å². The molecule has 1 unspecified atom stereocenters. The highest BCUT2D eigenvalue weighted by Gasteiger charge is 2.42. The lowest BCUT2D eigenvalue weighted by Crippen LogP contribution is -2.49. The fraction of sp³-hybridized carbons (Fsp3) is 0.417. The van der Waals surface area contributed by atoms with Gasteiger partial charge in [-0.25, -0.2) is 8.78 Å². The van der Waals surface area contributed by atoms with Crippen molar-refractivity contribution < 1.29 is 18.7 Å². The summed E-state index contributed by atoms with van der Waals surface area (Å²) in [5, 5.41) is 12.0. The molecule has 1 fully saturated rings. The van der Waals surface area contributed by atoms with Gasteiger partial charge in [0.2, 0.25) is 0 Å². The summed E-state index contributed by atoms with van der Waals surface area (Å²) >= 11 is 0. The maximum absolute atomic E-state index is 13.5. The van der Waals surface area contributed by atoms with Crippen molar-refractivity contribution >= 4 is 5.97 Å². The SMILES string of the molecule is O=C(O)C1(Cc2c(F)cccc2F)CCCN1. The first kappa shape index (κ1) is 12.0. The van der Waals surface area contributed by atoms with Gasteiger partial charge >= 0.3 is 5.97 Å². The van der Waals surface area contributed by atoms with Crippen molar-refractivity contribution in [3.05, 3.63) is 35.4 Å². The number of halogens is 2. The van der Waals surface area contributed by atoms with Gasteiger partial charge in [0.05, 0.1) is 0 Å². The molecule has 17 heavy (non-hydrogen) atoms. The van der Waals surface area contributed by atoms with Gasteiger partial charge in [0, 0.05) is 12.0 Å². The maximum Gasteiger partial charge on any atom is 0.324 e. The van der Waals surface area contributed by atoms with E-state index in [0.29, 0.717) is 19.4 Å². The molecular formula is C12H13F2NO2. The van der Waals surface area contributed by atoms with Crippen LogP contribution in [-0.4, -0.2) is 23.2 Å². The molecule has 5 heteroatoms. The number of hydrogen-bond acceptors (Lipinski definition) is 2. The molecule has 0 aromatic heterocycles. The van der Waals surface area contributed by atoms with Crippen LogP contribution in [-0.2, 0) is 11.2 Å². The molecule has 1 aromatic rings. The molecule has 1 heterocycles. The molecule has 0 radical (unpaired) electrons. The van der Waals surface area contributed by atoms with Crippen molar-refractivity contribution in [2.75, 3.05) is 6.54 Å². The smallest absolute Gasteiger partial charge is 0.324 e. The van der Waals surface area contributed by atoms with Gasteiger partial charge in [-0.2, -0.15) is 0 Å². The van der Waals surface area contributed by atoms with Crippen molar-refractivity contribution in [1.82, 2.24) is 5.32 Å². The van der Waals surface area contributed by atoms with E-state index < -0.39 is 23.1 Å². The van der Waals surface area contributed by atoms with Crippen LogP contribution in [0.4, 0.5) is 8.78 Å². The van der Waals surface area contributed by atoms with E-state index in [1.165, 1.54) is 6.07 Å². The summed E-state index contributed by atoms with van der Waals surface area (Å²) in [6, 6.07) is 3.55. The third-order valence-corrected chi connectivity index (χ3v) is 3.19. The molecule has 0 saturated carbocycles. The zero-order valence-corrected chi connectivity index (χ0v) is 9.17. The van der Waals surface area contributed by atoms with E-state index in [4.69, 9.17) is 0 Å². The number of aliphatic carboxylic acids is 1. The van der Waals surface area contributed by atoms with E-state index in [1.54, 1.807) is 0 Å². The lowest BCUT2D eigenvalue weighted by Gasteiger charge is -2.24. The molecule has 1 saturated heterocycles. The molecule has 2 N–H and O–H groups in total. The second kappa shape index (κ2) is 4.41. The number of rotatable bonds is 3. The van der Waals surface area contributed by atoms with Crippen LogP contribution >= 0.6 is 0 Å². The minimum atomic E-state index is -1.23. The summed E-state index contributed by atoms with van der Waals surface area (Å²) in [6.07, 6.45) is 0.916. The summed E-state index contributed by atoms with van der Waals surface area (Å²) in [5.41, 5.74) is -1.40. The number of carboxylic acid groups (broad SMARTS) is 1. The van der Waals surface area contributed by atoms with Crippen molar-refractivity contribution in [3.63, 3.8) is 0 Å². The van der Waals surface area contributed by atoms with Crippen LogP contribution in [0.15, 0.2) is 18.2 Å². The van der Waals surface area contributed by atoms with Gasteiger partial charge in [0.1, 0.15) is 17.2 Å². The third kappa shape index (κ3) is 2.15. The number of benzene rings is 1. The highest BCUT2D eigenvalue weighted by Crippen LogP contribution is 2.27. The van der Waals surface area contributed by atoms with Crippen molar-refractivity contribution in [3.8, 4) is 0 Å². The van der Waals surface area contributed by atoms with Gasteiger partial charge in [-0.3, -0.25) is 4.79 Å². The molecule has 92 valence electrons. The highest BCUT2D eigenvalue weighted by atomic mass is 19.1. The van der Waals surface area contributed by atoms with Crippen LogP contribution < -0.4 is 5.32 Å². The monoisotopic (exact) mass is 241 g/mol. The quantitative estimate of drug-likeness (QED) is 0.847. The largest absolute Gasteiger partial charge is 0.480 e. The average Bonchev–Trinajstić information content (AvgIpc) is 2.73. The Morgan fingerprint density at radius 1 is 1.41 bits per heavy atom. The molecule has 3 nitrogen and oxygen atoms in total. The van der Waals surface area contributed by atoms with Crippen LogP contribution in [0.3, 0.4) is 0 Å². The first-order valence-corrected chi connectivity index (χ1v) is 5.46. The van der Waals surface area contributed by atoms with E-state index in [0.717, 1.165) is 12.1 Å². The summed E-state index contributed by atoms with van der Waals surface area (Å²) in [5.74, 6) is -2.45. The van der Waals surface area contributed by atoms with E-state index in [1.807, 2.05) is 0 Å². The Morgan fingerprint density at radius 2 is 2.06 bits per heavy atom. The van der Waals surface area contributed by atoms with Crippen molar-refractivity contribution in [2.24, 2.45) is 0 Å². The van der Waals surface area contributed by atoms with E-state index >= 15 is 0 Å². The van der Waals surface area contributed by atoms with Crippen molar-refractivity contribution in [1.29, 1.82) is 0 Å². The fourth-order valence-corrected chi connectivity index (χ4v) is 2.22. The van der Waals surface area contributed by atoms with Gasteiger partial charge in [-0.1, -0.05) is 6.07 Å². The second-order valence-electron chi connectivity index (χ2n) is 4.29. The summed E-state index contributed by atoms with van der Waals surface area (Å²) < 4.78 is 27.0. The second-order valence-corrected chi connectivity index (χ2v) is 4.29. The van der Waals surface area contributed by atoms with Gasteiger partial charge in [-0.15, -0.1) is 0 Å². The van der Waals surface area contributed by atoms with Gasteiger partial charge in [0.15, 0.2) is 0 Å². The lowest BCUT2D eigenvalue weighted by atomic mass is 9.89. The third-order valence-electron chi connectivity index (χ3n) is 3.19. The molecule has 1 aliphatic heterocycles. The Kier molecular flexibility index (Phi) is 3.11. The Balaban J connectivity index is 2.33. The molecule has 1 atom stereocenters. The minimum absolute atomic E-state index is 0.163. The molecule has 0 bridgehead atoms. The Bertz CT molecular complexity index is 422. The van der Waals surface area contributed by atoms with E-state index in [2.05, 4.69) is 5.32 Å². The molecule has 1 aromatic carbocycles. The minimum Gasteiger partial charge on any atom is -0.480 e. The first-order valence-electron chi connectivity index (χ1n) is 5.46.